The summed E-state index contributed by atoms with van der Waals surface area (Å²) in [5, 5.41) is 2.55. The number of sulfonamides is 1. The second kappa shape index (κ2) is 6.35. The van der Waals surface area contributed by atoms with E-state index in [2.05, 4.69) is 5.32 Å². The van der Waals surface area contributed by atoms with Crippen molar-refractivity contribution in [2.24, 2.45) is 0 Å². The quantitative estimate of drug-likeness (QED) is 0.906. The van der Waals surface area contributed by atoms with E-state index in [4.69, 9.17) is 11.6 Å². The molecule has 0 radical (unpaired) electrons. The molecule has 1 fully saturated rings. The van der Waals surface area contributed by atoms with Crippen LogP contribution in [0.4, 0.5) is 13.2 Å². The first kappa shape index (κ1) is 17.5. The maximum absolute atomic E-state index is 12.9. The zero-order valence-electron chi connectivity index (χ0n) is 11.8. The number of hydrogen-bond acceptors (Lipinski definition) is 3. The Kier molecular flexibility index (Phi) is 5.06. The van der Waals surface area contributed by atoms with Crippen molar-refractivity contribution in [1.82, 2.24) is 9.62 Å². The molecule has 2 rings (SSSR count). The zero-order chi connectivity index (χ0) is 16.5. The van der Waals surface area contributed by atoms with E-state index >= 15 is 0 Å². The molecule has 0 aliphatic carbocycles. The normalized spacial score (nSPS) is 18.6. The van der Waals surface area contributed by atoms with Gasteiger partial charge in [-0.05, 0) is 38.1 Å². The Morgan fingerprint density at radius 1 is 1.27 bits per heavy atom. The fourth-order valence-electron chi connectivity index (χ4n) is 2.42. The Balaban J connectivity index is 2.31. The molecular formula is C13H16ClF3N2O2S. The van der Waals surface area contributed by atoms with Gasteiger partial charge in [0.15, 0.2) is 0 Å². The fourth-order valence-corrected chi connectivity index (χ4v) is 4.14. The van der Waals surface area contributed by atoms with Crippen molar-refractivity contribution in [1.29, 1.82) is 0 Å². The van der Waals surface area contributed by atoms with Crippen LogP contribution in [0.15, 0.2) is 23.1 Å². The van der Waals surface area contributed by atoms with Crippen LogP contribution in [-0.2, 0) is 16.2 Å². The maximum Gasteiger partial charge on any atom is 0.417 e. The number of nitrogens with zero attached hydrogens (tertiary/aromatic N) is 1. The number of alkyl halides is 3. The summed E-state index contributed by atoms with van der Waals surface area (Å²) < 4.78 is 64.7. The summed E-state index contributed by atoms with van der Waals surface area (Å²) >= 11 is 5.52. The molecule has 9 heteroatoms. The molecule has 1 saturated heterocycles. The minimum absolute atomic E-state index is 0.224. The molecule has 1 heterocycles. The molecule has 1 aliphatic heterocycles. The summed E-state index contributed by atoms with van der Waals surface area (Å²) in [6.45, 7) is 0.551. The second-order valence-corrected chi connectivity index (χ2v) is 7.45. The number of piperidine rings is 1. The highest BCUT2D eigenvalue weighted by atomic mass is 35.5. The van der Waals surface area contributed by atoms with E-state index in [-0.39, 0.29) is 24.0 Å². The third-order valence-corrected chi connectivity index (χ3v) is 5.97. The van der Waals surface area contributed by atoms with Crippen LogP contribution in [0.5, 0.6) is 0 Å². The molecule has 22 heavy (non-hydrogen) atoms. The van der Waals surface area contributed by atoms with Gasteiger partial charge in [0.2, 0.25) is 10.0 Å². The van der Waals surface area contributed by atoms with Crippen LogP contribution in [0, 0.1) is 0 Å². The monoisotopic (exact) mass is 356 g/mol. The second-order valence-electron chi connectivity index (χ2n) is 5.11. The molecule has 1 aromatic rings. The van der Waals surface area contributed by atoms with Crippen molar-refractivity contribution in [2.45, 2.75) is 30.0 Å². The first-order valence-electron chi connectivity index (χ1n) is 6.70. The van der Waals surface area contributed by atoms with Crippen molar-refractivity contribution in [2.75, 3.05) is 20.1 Å². The minimum atomic E-state index is -4.69. The predicted molar refractivity (Wildman–Crippen MR) is 77.3 cm³/mol. The van der Waals surface area contributed by atoms with Crippen molar-refractivity contribution in [3.63, 3.8) is 0 Å². The number of hydrogen-bond donors (Lipinski definition) is 1. The lowest BCUT2D eigenvalue weighted by atomic mass is 10.1. The molecule has 0 aromatic heterocycles. The average molecular weight is 357 g/mol. The van der Waals surface area contributed by atoms with Crippen LogP contribution >= 0.6 is 11.6 Å². The number of benzene rings is 1. The van der Waals surface area contributed by atoms with E-state index in [1.54, 1.807) is 7.05 Å². The predicted octanol–water partition coefficient (Wildman–Crippen LogP) is 2.73. The smallest absolute Gasteiger partial charge is 0.317 e. The number of rotatable bonds is 3. The van der Waals surface area contributed by atoms with Gasteiger partial charge >= 0.3 is 6.18 Å². The third kappa shape index (κ3) is 3.56. The van der Waals surface area contributed by atoms with E-state index < -0.39 is 26.8 Å². The number of halogens is 4. The summed E-state index contributed by atoms with van der Waals surface area (Å²) in [4.78, 5) is -0.382. The van der Waals surface area contributed by atoms with Crippen LogP contribution in [0.3, 0.4) is 0 Å². The lowest BCUT2D eigenvalue weighted by Crippen LogP contribution is -2.43. The van der Waals surface area contributed by atoms with Gasteiger partial charge in [-0.3, -0.25) is 0 Å². The van der Waals surface area contributed by atoms with Gasteiger partial charge in [-0.2, -0.15) is 17.5 Å². The lowest BCUT2D eigenvalue weighted by molar-refractivity contribution is -0.137. The van der Waals surface area contributed by atoms with Gasteiger partial charge in [-0.25, -0.2) is 8.42 Å². The van der Waals surface area contributed by atoms with E-state index in [0.29, 0.717) is 18.9 Å². The first-order valence-corrected chi connectivity index (χ1v) is 8.52. The molecule has 1 aromatic carbocycles. The van der Waals surface area contributed by atoms with Crippen LogP contribution in [0.1, 0.15) is 18.4 Å². The molecule has 124 valence electrons. The van der Waals surface area contributed by atoms with E-state index in [0.717, 1.165) is 12.1 Å². The molecule has 0 unspecified atom stereocenters. The topological polar surface area (TPSA) is 49.4 Å². The van der Waals surface area contributed by atoms with Gasteiger partial charge in [-0.1, -0.05) is 11.6 Å². The highest BCUT2D eigenvalue weighted by Crippen LogP contribution is 2.36. The van der Waals surface area contributed by atoms with E-state index in [1.165, 1.54) is 4.31 Å². The summed E-state index contributed by atoms with van der Waals surface area (Å²) in [5.74, 6) is 0. The SMILES string of the molecule is CNC1CCN(S(=O)(=O)c2ccc(Cl)c(C(F)(F)F)c2)CC1. The Bertz CT molecular complexity index is 641. The summed E-state index contributed by atoms with van der Waals surface area (Å²) in [6, 6.07) is 2.90. The summed E-state index contributed by atoms with van der Waals surface area (Å²) in [7, 11) is -2.15. The Morgan fingerprint density at radius 2 is 1.86 bits per heavy atom. The average Bonchev–Trinajstić information content (AvgIpc) is 2.46. The Morgan fingerprint density at radius 3 is 2.36 bits per heavy atom. The third-order valence-electron chi connectivity index (χ3n) is 3.74. The molecule has 4 nitrogen and oxygen atoms in total. The van der Waals surface area contributed by atoms with Crippen LogP contribution in [-0.4, -0.2) is 38.9 Å². The van der Waals surface area contributed by atoms with Crippen LogP contribution < -0.4 is 5.32 Å². The standard InChI is InChI=1S/C13H16ClF3N2O2S/c1-18-9-4-6-19(7-5-9)22(20,21)10-2-3-12(14)11(8-10)13(15,16)17/h2-3,8-9,18H,4-7H2,1H3. The van der Waals surface area contributed by atoms with Crippen molar-refractivity contribution < 1.29 is 21.6 Å². The maximum atomic E-state index is 12.9. The van der Waals surface area contributed by atoms with Crippen molar-refractivity contribution in [3.05, 3.63) is 28.8 Å². The highest BCUT2D eigenvalue weighted by molar-refractivity contribution is 7.89. The molecular weight excluding hydrogens is 341 g/mol. The Hall–Kier alpha value is -0.830. The van der Waals surface area contributed by atoms with Gasteiger partial charge in [0.1, 0.15) is 0 Å². The molecule has 0 spiro atoms. The molecule has 0 atom stereocenters. The lowest BCUT2D eigenvalue weighted by Gasteiger charge is -2.31. The molecule has 1 aliphatic rings. The van der Waals surface area contributed by atoms with Crippen LogP contribution in [0.25, 0.3) is 0 Å². The Labute approximate surface area is 132 Å². The van der Waals surface area contributed by atoms with Crippen molar-refractivity contribution in [3.8, 4) is 0 Å². The van der Waals surface area contributed by atoms with Crippen LogP contribution in [0.2, 0.25) is 5.02 Å². The van der Waals surface area contributed by atoms with Gasteiger partial charge in [0.25, 0.3) is 0 Å². The molecule has 0 bridgehead atoms. The van der Waals surface area contributed by atoms with Gasteiger partial charge in [0, 0.05) is 19.1 Å². The zero-order valence-corrected chi connectivity index (χ0v) is 13.4. The number of nitrogens with one attached hydrogen (secondary N) is 1. The highest BCUT2D eigenvalue weighted by Gasteiger charge is 2.36. The molecule has 0 saturated carbocycles. The van der Waals surface area contributed by atoms with E-state index in [1.807, 2.05) is 0 Å². The summed E-state index contributed by atoms with van der Waals surface area (Å²) in [5.41, 5.74) is -1.14. The fraction of sp³-hybridized carbons (Fsp3) is 0.538. The van der Waals surface area contributed by atoms with Gasteiger partial charge in [-0.15, -0.1) is 0 Å². The molecule has 1 N–H and O–H groups in total. The minimum Gasteiger partial charge on any atom is -0.317 e. The van der Waals surface area contributed by atoms with Gasteiger partial charge in [0.05, 0.1) is 15.5 Å². The van der Waals surface area contributed by atoms with Crippen molar-refractivity contribution >= 4 is 21.6 Å². The summed E-state index contributed by atoms with van der Waals surface area (Å²) in [6.07, 6.45) is -3.45. The molecule has 0 amide bonds. The largest absolute Gasteiger partial charge is 0.417 e. The van der Waals surface area contributed by atoms with E-state index in [9.17, 15) is 21.6 Å². The van der Waals surface area contributed by atoms with Gasteiger partial charge < -0.3 is 5.32 Å². The first-order chi connectivity index (χ1) is 10.2.